The van der Waals surface area contributed by atoms with Crippen molar-refractivity contribution in [1.82, 2.24) is 0 Å². The first kappa shape index (κ1) is 14.6. The van der Waals surface area contributed by atoms with Gasteiger partial charge in [-0.2, -0.15) is 5.26 Å². The van der Waals surface area contributed by atoms with Gasteiger partial charge in [0.2, 0.25) is 0 Å². The number of nitrogens with zero attached hydrogens (tertiary/aromatic N) is 1. The van der Waals surface area contributed by atoms with Gasteiger partial charge in [-0.25, -0.2) is 4.79 Å². The molecule has 5 heteroatoms. The van der Waals surface area contributed by atoms with Gasteiger partial charge in [-0.3, -0.25) is 0 Å². The minimum absolute atomic E-state index is 0.321. The molecular formula is C15H13NO2S2. The van der Waals surface area contributed by atoms with E-state index < -0.39 is 0 Å². The van der Waals surface area contributed by atoms with E-state index >= 15 is 0 Å². The summed E-state index contributed by atoms with van der Waals surface area (Å²) in [5, 5.41) is 9.41. The number of benzene rings is 1. The third kappa shape index (κ3) is 2.72. The molecule has 0 atom stereocenters. The molecule has 1 aromatic carbocycles. The van der Waals surface area contributed by atoms with Gasteiger partial charge in [-0.15, -0.1) is 23.1 Å². The van der Waals surface area contributed by atoms with Crippen LogP contribution < -0.4 is 0 Å². The number of rotatable bonds is 4. The maximum absolute atomic E-state index is 12.1. The van der Waals surface area contributed by atoms with Crippen molar-refractivity contribution >= 4 is 29.1 Å². The zero-order valence-electron chi connectivity index (χ0n) is 11.2. The Kier molecular flexibility index (Phi) is 4.83. The van der Waals surface area contributed by atoms with Gasteiger partial charge in [-0.1, -0.05) is 30.3 Å². The van der Waals surface area contributed by atoms with E-state index in [0.717, 1.165) is 9.77 Å². The number of nitriles is 1. The summed E-state index contributed by atoms with van der Waals surface area (Å²) in [6, 6.07) is 11.7. The van der Waals surface area contributed by atoms with Crippen LogP contribution in [0, 0.1) is 11.3 Å². The molecule has 0 aliphatic heterocycles. The number of carbonyl (C=O) groups is 1. The number of hydrogen-bond donors (Lipinski definition) is 0. The molecule has 0 aliphatic carbocycles. The third-order valence-corrected chi connectivity index (χ3v) is 4.99. The summed E-state index contributed by atoms with van der Waals surface area (Å²) in [6.45, 7) is 2.09. The van der Waals surface area contributed by atoms with Crippen LogP contribution in [0.5, 0.6) is 0 Å². The van der Waals surface area contributed by atoms with Crippen LogP contribution in [-0.4, -0.2) is 18.8 Å². The van der Waals surface area contributed by atoms with Crippen molar-refractivity contribution in [2.75, 3.05) is 12.9 Å². The number of esters is 1. The molecule has 0 amide bonds. The molecule has 0 unspecified atom stereocenters. The molecule has 0 fully saturated rings. The van der Waals surface area contributed by atoms with Crippen molar-refractivity contribution in [2.45, 2.75) is 11.1 Å². The number of ether oxygens (including phenoxy) is 1. The summed E-state index contributed by atoms with van der Waals surface area (Å²) in [5.41, 5.74) is 2.10. The molecule has 0 bridgehead atoms. The van der Waals surface area contributed by atoms with E-state index in [1.54, 1.807) is 6.92 Å². The molecule has 2 rings (SSSR count). The Morgan fingerprint density at radius 2 is 2.10 bits per heavy atom. The topological polar surface area (TPSA) is 50.1 Å². The smallest absolute Gasteiger partial charge is 0.349 e. The SMILES string of the molecule is CCOC(=O)c1sc(SC)c(C#N)c1-c1ccccc1. The lowest BCUT2D eigenvalue weighted by Crippen LogP contribution is -2.04. The number of hydrogen-bond acceptors (Lipinski definition) is 5. The fourth-order valence-corrected chi connectivity index (χ4v) is 3.71. The molecule has 0 aliphatic rings. The fraction of sp³-hybridized carbons (Fsp3) is 0.200. The second kappa shape index (κ2) is 6.60. The second-order valence-corrected chi connectivity index (χ2v) is 5.97. The van der Waals surface area contributed by atoms with E-state index in [4.69, 9.17) is 4.74 Å². The summed E-state index contributed by atoms with van der Waals surface area (Å²) >= 11 is 2.79. The van der Waals surface area contributed by atoms with Crippen LogP contribution in [0.4, 0.5) is 0 Å². The molecule has 102 valence electrons. The average Bonchev–Trinajstić information content (AvgIpc) is 2.87. The first-order chi connectivity index (χ1) is 9.72. The lowest BCUT2D eigenvalue weighted by atomic mass is 10.0. The molecule has 0 spiro atoms. The normalized spacial score (nSPS) is 10.1. The Bertz CT molecular complexity index is 657. The summed E-state index contributed by atoms with van der Waals surface area (Å²) in [4.78, 5) is 12.6. The van der Waals surface area contributed by atoms with E-state index in [1.165, 1.54) is 23.1 Å². The molecule has 20 heavy (non-hydrogen) atoms. The lowest BCUT2D eigenvalue weighted by molar-refractivity contribution is 0.0533. The van der Waals surface area contributed by atoms with Gasteiger partial charge in [-0.05, 0) is 18.7 Å². The van der Waals surface area contributed by atoms with Crippen molar-refractivity contribution in [3.63, 3.8) is 0 Å². The van der Waals surface area contributed by atoms with Crippen LogP contribution in [0.2, 0.25) is 0 Å². The number of thioether (sulfide) groups is 1. The Morgan fingerprint density at radius 3 is 2.65 bits per heavy atom. The maximum atomic E-state index is 12.1. The predicted octanol–water partition coefficient (Wildman–Crippen LogP) is 4.19. The highest BCUT2D eigenvalue weighted by Crippen LogP contribution is 2.41. The lowest BCUT2D eigenvalue weighted by Gasteiger charge is -2.04. The van der Waals surface area contributed by atoms with Gasteiger partial charge >= 0.3 is 5.97 Å². The molecule has 1 heterocycles. The van der Waals surface area contributed by atoms with Crippen molar-refractivity contribution < 1.29 is 9.53 Å². The van der Waals surface area contributed by atoms with E-state index in [1.807, 2.05) is 36.6 Å². The molecule has 1 aromatic heterocycles. The molecule has 0 saturated carbocycles. The number of carbonyl (C=O) groups excluding carboxylic acids is 1. The monoisotopic (exact) mass is 303 g/mol. The highest BCUT2D eigenvalue weighted by atomic mass is 32.2. The van der Waals surface area contributed by atoms with Crippen molar-refractivity contribution in [2.24, 2.45) is 0 Å². The van der Waals surface area contributed by atoms with Gasteiger partial charge in [0.15, 0.2) is 0 Å². The summed E-state index contributed by atoms with van der Waals surface area (Å²) in [7, 11) is 0. The van der Waals surface area contributed by atoms with E-state index in [2.05, 4.69) is 6.07 Å². The molecule has 0 radical (unpaired) electrons. The van der Waals surface area contributed by atoms with E-state index in [9.17, 15) is 10.1 Å². The Morgan fingerprint density at radius 1 is 1.40 bits per heavy atom. The summed E-state index contributed by atoms with van der Waals surface area (Å²) < 4.78 is 5.94. The molecule has 0 saturated heterocycles. The minimum Gasteiger partial charge on any atom is -0.462 e. The van der Waals surface area contributed by atoms with Crippen LogP contribution in [0.15, 0.2) is 34.5 Å². The molecule has 0 N–H and O–H groups in total. The molecular weight excluding hydrogens is 290 g/mol. The zero-order valence-corrected chi connectivity index (χ0v) is 12.8. The Labute approximate surface area is 126 Å². The Hall–Kier alpha value is -1.77. The quantitative estimate of drug-likeness (QED) is 0.628. The van der Waals surface area contributed by atoms with Crippen LogP contribution in [0.25, 0.3) is 11.1 Å². The fourth-order valence-electron chi connectivity index (χ4n) is 1.88. The maximum Gasteiger partial charge on any atom is 0.349 e. The summed E-state index contributed by atoms with van der Waals surface area (Å²) in [6.07, 6.45) is 1.90. The third-order valence-electron chi connectivity index (χ3n) is 2.70. The van der Waals surface area contributed by atoms with Crippen LogP contribution in [-0.2, 0) is 4.74 Å². The van der Waals surface area contributed by atoms with Gasteiger partial charge in [0.25, 0.3) is 0 Å². The highest BCUT2D eigenvalue weighted by Gasteiger charge is 2.24. The standard InChI is InChI=1S/C15H13NO2S2/c1-3-18-14(17)13-12(10-7-5-4-6-8-10)11(9-16)15(19-2)20-13/h4-8H,3H2,1-2H3. The second-order valence-electron chi connectivity index (χ2n) is 3.87. The minimum atomic E-state index is -0.367. The van der Waals surface area contributed by atoms with Gasteiger partial charge < -0.3 is 4.74 Å². The van der Waals surface area contributed by atoms with Crippen molar-refractivity contribution in [3.8, 4) is 17.2 Å². The van der Waals surface area contributed by atoms with E-state index in [0.29, 0.717) is 22.6 Å². The average molecular weight is 303 g/mol. The number of thiophene rings is 1. The van der Waals surface area contributed by atoms with Gasteiger partial charge in [0.05, 0.1) is 16.4 Å². The Balaban J connectivity index is 2.66. The van der Waals surface area contributed by atoms with Crippen LogP contribution >= 0.6 is 23.1 Å². The van der Waals surface area contributed by atoms with Crippen LogP contribution in [0.1, 0.15) is 22.2 Å². The van der Waals surface area contributed by atoms with Crippen LogP contribution in [0.3, 0.4) is 0 Å². The summed E-state index contributed by atoms with van der Waals surface area (Å²) in [5.74, 6) is -0.367. The van der Waals surface area contributed by atoms with E-state index in [-0.39, 0.29) is 5.97 Å². The largest absolute Gasteiger partial charge is 0.462 e. The van der Waals surface area contributed by atoms with Crippen molar-refractivity contribution in [1.29, 1.82) is 5.26 Å². The van der Waals surface area contributed by atoms with Gasteiger partial charge in [0, 0.05) is 5.56 Å². The van der Waals surface area contributed by atoms with Crippen molar-refractivity contribution in [3.05, 3.63) is 40.8 Å². The zero-order chi connectivity index (χ0) is 14.5. The molecule has 2 aromatic rings. The van der Waals surface area contributed by atoms with Gasteiger partial charge in [0.1, 0.15) is 10.9 Å². The molecule has 3 nitrogen and oxygen atoms in total. The highest BCUT2D eigenvalue weighted by molar-refractivity contribution is 8.00. The predicted molar refractivity (Wildman–Crippen MR) is 82.2 cm³/mol. The first-order valence-electron chi connectivity index (χ1n) is 6.06. The first-order valence-corrected chi connectivity index (χ1v) is 8.10.